The minimum Gasteiger partial charge on any atom is -0.386 e. The lowest BCUT2D eigenvalue weighted by atomic mass is 10.1. The van der Waals surface area contributed by atoms with Gasteiger partial charge in [0.1, 0.15) is 5.82 Å². The molecule has 0 aliphatic rings. The third-order valence-electron chi connectivity index (χ3n) is 2.81. The standard InChI is InChI=1S/C15H15FN2O/c1-10-3-6-12(7-4-10)18-15(19)11-5-8-14(17-2)13(16)9-11/h3-9,17H,1-2H3,(H,18,19). The fourth-order valence-electron chi connectivity index (χ4n) is 1.70. The summed E-state index contributed by atoms with van der Waals surface area (Å²) in [6.07, 6.45) is 0. The molecule has 2 aromatic carbocycles. The van der Waals surface area contributed by atoms with E-state index in [9.17, 15) is 9.18 Å². The molecule has 4 heteroatoms. The average Bonchev–Trinajstić information content (AvgIpc) is 2.41. The number of carbonyl (C=O) groups is 1. The van der Waals surface area contributed by atoms with Crippen molar-refractivity contribution in [3.05, 3.63) is 59.4 Å². The van der Waals surface area contributed by atoms with Crippen LogP contribution in [0.15, 0.2) is 42.5 Å². The van der Waals surface area contributed by atoms with E-state index in [0.717, 1.165) is 5.56 Å². The fourth-order valence-corrected chi connectivity index (χ4v) is 1.70. The summed E-state index contributed by atoms with van der Waals surface area (Å²) in [5, 5.41) is 5.43. The first-order valence-electron chi connectivity index (χ1n) is 5.95. The number of rotatable bonds is 3. The summed E-state index contributed by atoms with van der Waals surface area (Å²) in [6.45, 7) is 1.97. The summed E-state index contributed by atoms with van der Waals surface area (Å²) in [5.41, 5.74) is 2.46. The number of carbonyl (C=O) groups excluding carboxylic acids is 1. The first kappa shape index (κ1) is 13.1. The minimum atomic E-state index is -0.445. The second-order valence-electron chi connectivity index (χ2n) is 4.26. The predicted molar refractivity (Wildman–Crippen MR) is 75.1 cm³/mol. The molecule has 19 heavy (non-hydrogen) atoms. The number of amides is 1. The van der Waals surface area contributed by atoms with E-state index in [1.807, 2.05) is 31.2 Å². The molecule has 0 heterocycles. The molecule has 0 saturated carbocycles. The molecule has 0 aromatic heterocycles. The van der Waals surface area contributed by atoms with Gasteiger partial charge in [0.2, 0.25) is 0 Å². The van der Waals surface area contributed by atoms with Crippen molar-refractivity contribution in [1.82, 2.24) is 0 Å². The molecule has 3 nitrogen and oxygen atoms in total. The third kappa shape index (κ3) is 3.10. The zero-order valence-electron chi connectivity index (χ0n) is 10.8. The van der Waals surface area contributed by atoms with Gasteiger partial charge in [0.05, 0.1) is 5.69 Å². The van der Waals surface area contributed by atoms with Gasteiger partial charge in [0, 0.05) is 18.3 Å². The van der Waals surface area contributed by atoms with Crippen molar-refractivity contribution >= 4 is 17.3 Å². The molecular weight excluding hydrogens is 243 g/mol. The summed E-state index contributed by atoms with van der Waals surface area (Å²) in [5.74, 6) is -0.774. The van der Waals surface area contributed by atoms with E-state index in [1.165, 1.54) is 6.07 Å². The number of hydrogen-bond donors (Lipinski definition) is 2. The summed E-state index contributed by atoms with van der Waals surface area (Å²) in [7, 11) is 1.63. The zero-order valence-corrected chi connectivity index (χ0v) is 10.8. The monoisotopic (exact) mass is 258 g/mol. The molecule has 0 atom stereocenters. The summed E-state index contributed by atoms with van der Waals surface area (Å²) in [4.78, 5) is 12.0. The molecule has 0 aliphatic heterocycles. The number of halogens is 1. The van der Waals surface area contributed by atoms with Crippen molar-refractivity contribution in [2.45, 2.75) is 6.92 Å². The van der Waals surface area contributed by atoms with Crippen molar-refractivity contribution in [2.75, 3.05) is 17.7 Å². The van der Waals surface area contributed by atoms with E-state index in [0.29, 0.717) is 11.4 Å². The van der Waals surface area contributed by atoms with Crippen molar-refractivity contribution in [3.63, 3.8) is 0 Å². The fraction of sp³-hybridized carbons (Fsp3) is 0.133. The van der Waals surface area contributed by atoms with Crippen LogP contribution in [0, 0.1) is 12.7 Å². The molecule has 0 radical (unpaired) electrons. The lowest BCUT2D eigenvalue weighted by Gasteiger charge is -2.07. The number of aryl methyl sites for hydroxylation is 1. The van der Waals surface area contributed by atoms with E-state index >= 15 is 0 Å². The van der Waals surface area contributed by atoms with Crippen molar-refractivity contribution < 1.29 is 9.18 Å². The molecule has 2 rings (SSSR count). The van der Waals surface area contributed by atoms with Gasteiger partial charge in [-0.15, -0.1) is 0 Å². The maximum atomic E-state index is 13.6. The summed E-state index contributed by atoms with van der Waals surface area (Å²) >= 11 is 0. The molecule has 98 valence electrons. The number of hydrogen-bond acceptors (Lipinski definition) is 2. The lowest BCUT2D eigenvalue weighted by molar-refractivity contribution is 0.102. The highest BCUT2D eigenvalue weighted by Crippen LogP contribution is 2.16. The van der Waals surface area contributed by atoms with Gasteiger partial charge < -0.3 is 10.6 Å². The molecule has 0 saturated heterocycles. The Balaban J connectivity index is 2.16. The zero-order chi connectivity index (χ0) is 13.8. The molecule has 2 N–H and O–H groups in total. The second-order valence-corrected chi connectivity index (χ2v) is 4.26. The maximum absolute atomic E-state index is 13.6. The van der Waals surface area contributed by atoms with E-state index in [2.05, 4.69) is 10.6 Å². The van der Waals surface area contributed by atoms with E-state index in [1.54, 1.807) is 19.2 Å². The van der Waals surface area contributed by atoms with Crippen LogP contribution in [0.2, 0.25) is 0 Å². The lowest BCUT2D eigenvalue weighted by Crippen LogP contribution is -2.12. The van der Waals surface area contributed by atoms with E-state index < -0.39 is 5.82 Å². The van der Waals surface area contributed by atoms with Gasteiger partial charge in [-0.05, 0) is 37.3 Å². The van der Waals surface area contributed by atoms with Crippen LogP contribution >= 0.6 is 0 Å². The number of benzene rings is 2. The minimum absolute atomic E-state index is 0.289. The number of nitrogens with one attached hydrogen (secondary N) is 2. The highest BCUT2D eigenvalue weighted by Gasteiger charge is 2.09. The van der Waals surface area contributed by atoms with Crippen LogP contribution in [0.3, 0.4) is 0 Å². The van der Waals surface area contributed by atoms with Gasteiger partial charge in [-0.3, -0.25) is 4.79 Å². The van der Waals surface area contributed by atoms with Crippen molar-refractivity contribution in [3.8, 4) is 0 Å². The molecule has 0 aliphatic carbocycles. The Kier molecular flexibility index (Phi) is 3.80. The molecule has 0 unspecified atom stereocenters. The van der Waals surface area contributed by atoms with Crippen LogP contribution < -0.4 is 10.6 Å². The van der Waals surface area contributed by atoms with Crippen LogP contribution in [-0.4, -0.2) is 13.0 Å². The largest absolute Gasteiger partial charge is 0.386 e. The predicted octanol–water partition coefficient (Wildman–Crippen LogP) is 3.43. The van der Waals surface area contributed by atoms with Gasteiger partial charge >= 0.3 is 0 Å². The summed E-state index contributed by atoms with van der Waals surface area (Å²) < 4.78 is 13.6. The van der Waals surface area contributed by atoms with E-state index in [4.69, 9.17) is 0 Å². The Morgan fingerprint density at radius 1 is 1.11 bits per heavy atom. The molecule has 0 spiro atoms. The van der Waals surface area contributed by atoms with Crippen molar-refractivity contribution in [1.29, 1.82) is 0 Å². The smallest absolute Gasteiger partial charge is 0.255 e. The highest BCUT2D eigenvalue weighted by molar-refractivity contribution is 6.04. The Labute approximate surface area is 111 Å². The Hall–Kier alpha value is -2.36. The van der Waals surface area contributed by atoms with Crippen LogP contribution in [-0.2, 0) is 0 Å². The van der Waals surface area contributed by atoms with Gasteiger partial charge in [-0.1, -0.05) is 17.7 Å². The van der Waals surface area contributed by atoms with Crippen LogP contribution in [0.25, 0.3) is 0 Å². The molecule has 2 aromatic rings. The first-order valence-corrected chi connectivity index (χ1v) is 5.95. The second kappa shape index (κ2) is 5.52. The first-order chi connectivity index (χ1) is 9.10. The number of anilines is 2. The SMILES string of the molecule is CNc1ccc(C(=O)Nc2ccc(C)cc2)cc1F. The maximum Gasteiger partial charge on any atom is 0.255 e. The van der Waals surface area contributed by atoms with E-state index in [-0.39, 0.29) is 11.5 Å². The van der Waals surface area contributed by atoms with Crippen LogP contribution in [0.5, 0.6) is 0 Å². The Bertz CT molecular complexity index is 594. The van der Waals surface area contributed by atoms with Gasteiger partial charge in [0.15, 0.2) is 0 Å². The molecule has 1 amide bonds. The highest BCUT2D eigenvalue weighted by atomic mass is 19.1. The Morgan fingerprint density at radius 2 is 1.79 bits per heavy atom. The normalized spacial score (nSPS) is 10.1. The molecule has 0 bridgehead atoms. The molecular formula is C15H15FN2O. The van der Waals surface area contributed by atoms with Gasteiger partial charge in [-0.2, -0.15) is 0 Å². The topological polar surface area (TPSA) is 41.1 Å². The summed E-state index contributed by atoms with van der Waals surface area (Å²) in [6, 6.07) is 11.8. The quantitative estimate of drug-likeness (QED) is 0.885. The van der Waals surface area contributed by atoms with Crippen LogP contribution in [0.4, 0.5) is 15.8 Å². The third-order valence-corrected chi connectivity index (χ3v) is 2.81. The Morgan fingerprint density at radius 3 is 2.37 bits per heavy atom. The van der Waals surface area contributed by atoms with Crippen LogP contribution in [0.1, 0.15) is 15.9 Å². The molecule has 0 fully saturated rings. The van der Waals surface area contributed by atoms with Gasteiger partial charge in [-0.25, -0.2) is 4.39 Å². The van der Waals surface area contributed by atoms with Gasteiger partial charge in [0.25, 0.3) is 5.91 Å². The van der Waals surface area contributed by atoms with Crippen molar-refractivity contribution in [2.24, 2.45) is 0 Å². The average molecular weight is 258 g/mol.